The number of Topliss-reactive ketones (excluding diaryl/α,β-unsaturated/α-hetero) is 1. The molecule has 2 rings (SSSR count). The minimum absolute atomic E-state index is 0.183. The predicted molar refractivity (Wildman–Crippen MR) is 59.5 cm³/mol. The second kappa shape index (κ2) is 4.35. The molecule has 0 fully saturated rings. The molecular weight excluding hydrogens is 206 g/mol. The first-order valence-electron chi connectivity index (χ1n) is 5.19. The van der Waals surface area contributed by atoms with Crippen molar-refractivity contribution in [3.8, 4) is 5.75 Å². The summed E-state index contributed by atoms with van der Waals surface area (Å²) in [4.78, 5) is 11.9. The SMILES string of the molecule is COc1ccc2c(c1)CCCC(=NO)C2=O. The van der Waals surface area contributed by atoms with Crippen LogP contribution in [0.25, 0.3) is 0 Å². The summed E-state index contributed by atoms with van der Waals surface area (Å²) >= 11 is 0. The Balaban J connectivity index is 2.47. The van der Waals surface area contributed by atoms with Gasteiger partial charge in [0.1, 0.15) is 11.5 Å². The Morgan fingerprint density at radius 1 is 1.38 bits per heavy atom. The number of oxime groups is 1. The lowest BCUT2D eigenvalue weighted by Crippen LogP contribution is -2.13. The number of fused-ring (bicyclic) bond motifs is 1. The van der Waals surface area contributed by atoms with Crippen LogP contribution in [0.3, 0.4) is 0 Å². The number of hydrogen-bond acceptors (Lipinski definition) is 4. The molecule has 0 heterocycles. The summed E-state index contributed by atoms with van der Waals surface area (Å²) in [6.07, 6.45) is 2.13. The first-order valence-corrected chi connectivity index (χ1v) is 5.19. The van der Waals surface area contributed by atoms with Crippen LogP contribution in [0.2, 0.25) is 0 Å². The number of ether oxygens (including phenoxy) is 1. The molecule has 1 aliphatic carbocycles. The van der Waals surface area contributed by atoms with Crippen molar-refractivity contribution in [2.75, 3.05) is 7.11 Å². The van der Waals surface area contributed by atoms with Crippen LogP contribution in [0, 0.1) is 0 Å². The Morgan fingerprint density at radius 3 is 2.88 bits per heavy atom. The molecule has 0 unspecified atom stereocenters. The Bertz CT molecular complexity index is 452. The van der Waals surface area contributed by atoms with Gasteiger partial charge in [0.15, 0.2) is 0 Å². The van der Waals surface area contributed by atoms with Gasteiger partial charge in [-0.3, -0.25) is 4.79 Å². The number of benzene rings is 1. The number of aryl methyl sites for hydroxylation is 1. The van der Waals surface area contributed by atoms with Crippen LogP contribution in [-0.4, -0.2) is 23.8 Å². The zero-order valence-electron chi connectivity index (χ0n) is 9.06. The zero-order valence-corrected chi connectivity index (χ0v) is 9.06. The van der Waals surface area contributed by atoms with Gasteiger partial charge >= 0.3 is 0 Å². The van der Waals surface area contributed by atoms with Gasteiger partial charge in [0.25, 0.3) is 0 Å². The molecule has 0 bridgehead atoms. The van der Waals surface area contributed by atoms with Crippen LogP contribution in [0.4, 0.5) is 0 Å². The highest BCUT2D eigenvalue weighted by atomic mass is 16.5. The first kappa shape index (κ1) is 10.7. The van der Waals surface area contributed by atoms with E-state index in [0.717, 1.165) is 24.2 Å². The fraction of sp³-hybridized carbons (Fsp3) is 0.333. The lowest BCUT2D eigenvalue weighted by Gasteiger charge is -2.06. The van der Waals surface area contributed by atoms with E-state index in [1.54, 1.807) is 19.2 Å². The number of carbonyl (C=O) groups excluding carboxylic acids is 1. The van der Waals surface area contributed by atoms with Gasteiger partial charge in [-0.05, 0) is 43.0 Å². The summed E-state index contributed by atoms with van der Waals surface area (Å²) in [5.74, 6) is 0.564. The third kappa shape index (κ3) is 1.78. The largest absolute Gasteiger partial charge is 0.497 e. The topological polar surface area (TPSA) is 58.9 Å². The van der Waals surface area contributed by atoms with Gasteiger partial charge in [0.2, 0.25) is 5.78 Å². The van der Waals surface area contributed by atoms with Crippen LogP contribution in [0.15, 0.2) is 23.4 Å². The number of methoxy groups -OCH3 is 1. The van der Waals surface area contributed by atoms with Gasteiger partial charge in [-0.15, -0.1) is 0 Å². The van der Waals surface area contributed by atoms with Gasteiger partial charge < -0.3 is 9.94 Å². The molecule has 0 aliphatic heterocycles. The van der Waals surface area contributed by atoms with Gasteiger partial charge in [-0.1, -0.05) is 5.16 Å². The van der Waals surface area contributed by atoms with Gasteiger partial charge in [0, 0.05) is 5.56 Å². The van der Waals surface area contributed by atoms with Crippen LogP contribution >= 0.6 is 0 Å². The van der Waals surface area contributed by atoms with E-state index < -0.39 is 0 Å². The third-order valence-electron chi connectivity index (χ3n) is 2.80. The summed E-state index contributed by atoms with van der Waals surface area (Å²) in [5, 5.41) is 11.8. The number of hydrogen-bond donors (Lipinski definition) is 1. The molecule has 0 radical (unpaired) electrons. The van der Waals surface area contributed by atoms with Crippen LogP contribution in [-0.2, 0) is 6.42 Å². The van der Waals surface area contributed by atoms with Gasteiger partial charge in [0.05, 0.1) is 7.11 Å². The van der Waals surface area contributed by atoms with E-state index in [1.165, 1.54) is 0 Å². The fourth-order valence-corrected chi connectivity index (χ4v) is 1.94. The van der Waals surface area contributed by atoms with E-state index in [9.17, 15) is 4.79 Å². The average molecular weight is 219 g/mol. The van der Waals surface area contributed by atoms with E-state index >= 15 is 0 Å². The molecule has 0 saturated carbocycles. The smallest absolute Gasteiger partial charge is 0.210 e. The van der Waals surface area contributed by atoms with Crippen molar-refractivity contribution < 1.29 is 14.7 Å². The molecule has 0 amide bonds. The van der Waals surface area contributed by atoms with E-state index in [0.29, 0.717) is 12.0 Å². The monoisotopic (exact) mass is 219 g/mol. The number of ketones is 1. The highest BCUT2D eigenvalue weighted by Gasteiger charge is 2.21. The van der Waals surface area contributed by atoms with E-state index in [-0.39, 0.29) is 11.5 Å². The Hall–Kier alpha value is -1.84. The number of carbonyl (C=O) groups is 1. The van der Waals surface area contributed by atoms with E-state index in [4.69, 9.17) is 9.94 Å². The summed E-state index contributed by atoms with van der Waals surface area (Å²) < 4.78 is 5.12. The Morgan fingerprint density at radius 2 is 2.19 bits per heavy atom. The summed E-state index contributed by atoms with van der Waals surface area (Å²) in [6.45, 7) is 0. The maximum Gasteiger partial charge on any atom is 0.210 e. The normalized spacial score (nSPS) is 18.1. The van der Waals surface area contributed by atoms with Crippen LogP contribution in [0.5, 0.6) is 5.75 Å². The molecule has 1 aromatic carbocycles. The molecule has 84 valence electrons. The van der Waals surface area contributed by atoms with Crippen molar-refractivity contribution >= 4 is 11.5 Å². The molecule has 0 atom stereocenters. The van der Waals surface area contributed by atoms with Crippen molar-refractivity contribution in [2.45, 2.75) is 19.3 Å². The highest BCUT2D eigenvalue weighted by Crippen LogP contribution is 2.23. The molecule has 4 nitrogen and oxygen atoms in total. The van der Waals surface area contributed by atoms with Crippen molar-refractivity contribution in [2.24, 2.45) is 5.16 Å². The molecule has 1 N–H and O–H groups in total. The Kier molecular flexibility index (Phi) is 2.90. The predicted octanol–water partition coefficient (Wildman–Crippen LogP) is 2.04. The van der Waals surface area contributed by atoms with Gasteiger partial charge in [-0.25, -0.2) is 0 Å². The fourth-order valence-electron chi connectivity index (χ4n) is 1.94. The van der Waals surface area contributed by atoms with Gasteiger partial charge in [-0.2, -0.15) is 0 Å². The van der Waals surface area contributed by atoms with Crippen molar-refractivity contribution in [3.63, 3.8) is 0 Å². The maximum atomic E-state index is 11.9. The van der Waals surface area contributed by atoms with E-state index in [2.05, 4.69) is 5.16 Å². The second-order valence-corrected chi connectivity index (χ2v) is 3.75. The maximum absolute atomic E-state index is 11.9. The highest BCUT2D eigenvalue weighted by molar-refractivity contribution is 6.46. The van der Waals surface area contributed by atoms with Crippen LogP contribution < -0.4 is 4.74 Å². The minimum Gasteiger partial charge on any atom is -0.497 e. The molecule has 1 aromatic rings. The molecule has 4 heteroatoms. The lowest BCUT2D eigenvalue weighted by atomic mass is 10.0. The molecule has 16 heavy (non-hydrogen) atoms. The first-order chi connectivity index (χ1) is 7.76. The van der Waals surface area contributed by atoms with E-state index in [1.807, 2.05) is 6.07 Å². The van der Waals surface area contributed by atoms with Crippen LogP contribution in [0.1, 0.15) is 28.8 Å². The summed E-state index contributed by atoms with van der Waals surface area (Å²) in [6, 6.07) is 5.34. The lowest BCUT2D eigenvalue weighted by molar-refractivity contribution is 0.106. The average Bonchev–Trinajstić information content (AvgIpc) is 2.48. The molecule has 1 aliphatic rings. The van der Waals surface area contributed by atoms with Crippen molar-refractivity contribution in [3.05, 3.63) is 29.3 Å². The molecular formula is C12H13NO3. The standard InChI is InChI=1S/C12H13NO3/c1-16-9-5-6-10-8(7-9)3-2-4-11(13-15)12(10)14/h5-7,15H,2-4H2,1H3. The number of nitrogens with zero attached hydrogens (tertiary/aromatic N) is 1. The second-order valence-electron chi connectivity index (χ2n) is 3.75. The molecule has 0 spiro atoms. The summed E-state index contributed by atoms with van der Waals surface area (Å²) in [7, 11) is 1.60. The third-order valence-corrected chi connectivity index (χ3v) is 2.80. The molecule has 0 saturated heterocycles. The van der Waals surface area contributed by atoms with Crippen molar-refractivity contribution in [1.29, 1.82) is 0 Å². The Labute approximate surface area is 93.5 Å². The zero-order chi connectivity index (χ0) is 11.5. The quantitative estimate of drug-likeness (QED) is 0.446. The summed E-state index contributed by atoms with van der Waals surface area (Å²) in [5.41, 5.74) is 1.82. The number of rotatable bonds is 1. The molecule has 0 aromatic heterocycles. The minimum atomic E-state index is -0.183. The van der Waals surface area contributed by atoms with Crippen molar-refractivity contribution in [1.82, 2.24) is 0 Å².